The van der Waals surface area contributed by atoms with Crippen LogP contribution < -0.4 is 5.32 Å². The third-order valence-corrected chi connectivity index (χ3v) is 2.39. The Balaban J connectivity index is 2.06. The quantitative estimate of drug-likeness (QED) is 0.736. The van der Waals surface area contributed by atoms with Crippen LogP contribution in [0.4, 0.5) is 0 Å². The highest BCUT2D eigenvalue weighted by Crippen LogP contribution is 2.15. The fraction of sp³-hybridized carbons (Fsp3) is 0.250. The highest BCUT2D eigenvalue weighted by molar-refractivity contribution is 5.92. The maximum absolute atomic E-state index is 11.6. The van der Waals surface area contributed by atoms with E-state index in [4.69, 9.17) is 5.11 Å². The minimum absolute atomic E-state index is 0.212. The summed E-state index contributed by atoms with van der Waals surface area (Å²) in [6.07, 6.45) is 4.48. The number of aromatic amines is 1. The second kappa shape index (κ2) is 5.42. The third kappa shape index (κ3) is 2.92. The molecule has 0 radical (unpaired) electrons. The van der Waals surface area contributed by atoms with Crippen LogP contribution in [-0.4, -0.2) is 38.8 Å². The van der Waals surface area contributed by atoms with Gasteiger partial charge in [0.05, 0.1) is 12.3 Å². The molecule has 3 N–H and O–H groups in total. The zero-order valence-electron chi connectivity index (χ0n) is 9.92. The van der Waals surface area contributed by atoms with E-state index >= 15 is 0 Å². The van der Waals surface area contributed by atoms with Gasteiger partial charge < -0.3 is 10.4 Å². The van der Waals surface area contributed by atoms with Crippen molar-refractivity contribution < 1.29 is 9.90 Å². The number of hydrogen-bond acceptors (Lipinski definition) is 4. The van der Waals surface area contributed by atoms with Crippen LogP contribution in [0.5, 0.6) is 0 Å². The summed E-state index contributed by atoms with van der Waals surface area (Å²) in [5.74, 6) is -0.297. The second-order valence-electron chi connectivity index (χ2n) is 3.98. The Bertz CT molecular complexity index is 505. The van der Waals surface area contributed by atoms with Crippen LogP contribution in [0.15, 0.2) is 30.7 Å². The number of pyridine rings is 1. The monoisotopic (exact) mass is 246 g/mol. The minimum Gasteiger partial charge on any atom is -0.392 e. The fourth-order valence-electron chi connectivity index (χ4n) is 1.44. The molecule has 2 heterocycles. The van der Waals surface area contributed by atoms with Crippen LogP contribution in [0.25, 0.3) is 11.1 Å². The van der Waals surface area contributed by atoms with Gasteiger partial charge in [-0.25, -0.2) is 0 Å². The SMILES string of the molecule is C[C@H](O)CNC(=O)c1ccc(-c2cn[nH]c2)cn1. The Morgan fingerprint density at radius 1 is 1.44 bits per heavy atom. The Kier molecular flexibility index (Phi) is 3.69. The van der Waals surface area contributed by atoms with Crippen molar-refractivity contribution >= 4 is 5.91 Å². The average Bonchev–Trinajstić information content (AvgIpc) is 2.90. The molecule has 1 amide bonds. The summed E-state index contributed by atoms with van der Waals surface area (Å²) in [6, 6.07) is 3.44. The predicted octanol–water partition coefficient (Wildman–Crippen LogP) is 0.582. The summed E-state index contributed by atoms with van der Waals surface area (Å²) >= 11 is 0. The van der Waals surface area contributed by atoms with Crippen LogP contribution in [0.1, 0.15) is 17.4 Å². The van der Waals surface area contributed by atoms with Crippen molar-refractivity contribution in [2.24, 2.45) is 0 Å². The van der Waals surface area contributed by atoms with Crippen molar-refractivity contribution in [1.82, 2.24) is 20.5 Å². The molecular formula is C12H14N4O2. The molecular weight excluding hydrogens is 232 g/mol. The predicted molar refractivity (Wildman–Crippen MR) is 65.8 cm³/mol. The number of amides is 1. The van der Waals surface area contributed by atoms with Gasteiger partial charge in [0.15, 0.2) is 0 Å². The molecule has 2 rings (SSSR count). The fourth-order valence-corrected chi connectivity index (χ4v) is 1.44. The largest absolute Gasteiger partial charge is 0.392 e. The van der Waals surface area contributed by atoms with Crippen LogP contribution in [0, 0.1) is 0 Å². The van der Waals surface area contributed by atoms with Crippen molar-refractivity contribution in [2.75, 3.05) is 6.54 Å². The minimum atomic E-state index is -0.570. The van der Waals surface area contributed by atoms with Gasteiger partial charge in [-0.3, -0.25) is 14.9 Å². The molecule has 1 atom stereocenters. The first-order valence-electron chi connectivity index (χ1n) is 5.58. The van der Waals surface area contributed by atoms with Crippen molar-refractivity contribution in [3.63, 3.8) is 0 Å². The number of carbonyl (C=O) groups excluding carboxylic acids is 1. The summed E-state index contributed by atoms with van der Waals surface area (Å²) in [5, 5.41) is 18.2. The number of carbonyl (C=O) groups is 1. The molecule has 0 unspecified atom stereocenters. The van der Waals surface area contributed by atoms with E-state index in [0.717, 1.165) is 11.1 Å². The molecule has 0 saturated heterocycles. The molecule has 0 spiro atoms. The van der Waals surface area contributed by atoms with E-state index in [9.17, 15) is 4.79 Å². The molecule has 0 fully saturated rings. The van der Waals surface area contributed by atoms with Crippen LogP contribution in [-0.2, 0) is 0 Å². The van der Waals surface area contributed by atoms with Crippen molar-refractivity contribution in [3.05, 3.63) is 36.4 Å². The number of nitrogens with zero attached hydrogens (tertiary/aromatic N) is 2. The molecule has 2 aromatic heterocycles. The van der Waals surface area contributed by atoms with Gasteiger partial charge in [0, 0.05) is 30.1 Å². The molecule has 0 saturated carbocycles. The highest BCUT2D eigenvalue weighted by atomic mass is 16.3. The summed E-state index contributed by atoms with van der Waals surface area (Å²) in [6.45, 7) is 1.82. The summed E-state index contributed by atoms with van der Waals surface area (Å²) < 4.78 is 0. The van der Waals surface area contributed by atoms with Gasteiger partial charge in [-0.1, -0.05) is 6.07 Å². The van der Waals surface area contributed by atoms with E-state index < -0.39 is 6.10 Å². The third-order valence-electron chi connectivity index (χ3n) is 2.39. The molecule has 94 valence electrons. The normalized spacial score (nSPS) is 12.1. The number of aliphatic hydroxyl groups excluding tert-OH is 1. The number of hydrogen-bond donors (Lipinski definition) is 3. The van der Waals surface area contributed by atoms with E-state index in [1.54, 1.807) is 37.6 Å². The number of aromatic nitrogens is 3. The van der Waals surface area contributed by atoms with E-state index in [1.807, 2.05) is 0 Å². The van der Waals surface area contributed by atoms with Crippen molar-refractivity contribution in [2.45, 2.75) is 13.0 Å². The molecule has 6 nitrogen and oxygen atoms in total. The van der Waals surface area contributed by atoms with Gasteiger partial charge in [-0.2, -0.15) is 5.10 Å². The Hall–Kier alpha value is -2.21. The van der Waals surface area contributed by atoms with Gasteiger partial charge >= 0.3 is 0 Å². The first kappa shape index (κ1) is 12.3. The smallest absolute Gasteiger partial charge is 0.269 e. The van der Waals surface area contributed by atoms with E-state index in [-0.39, 0.29) is 12.5 Å². The van der Waals surface area contributed by atoms with Gasteiger partial charge in [0.1, 0.15) is 5.69 Å². The lowest BCUT2D eigenvalue weighted by molar-refractivity contribution is 0.0919. The van der Waals surface area contributed by atoms with Crippen molar-refractivity contribution in [3.8, 4) is 11.1 Å². The lowest BCUT2D eigenvalue weighted by atomic mass is 10.1. The second-order valence-corrected chi connectivity index (χ2v) is 3.98. The molecule has 0 aromatic carbocycles. The summed E-state index contributed by atoms with van der Waals surface area (Å²) in [4.78, 5) is 15.7. The maximum Gasteiger partial charge on any atom is 0.269 e. The summed E-state index contributed by atoms with van der Waals surface area (Å²) in [7, 11) is 0. The lowest BCUT2D eigenvalue weighted by Crippen LogP contribution is -2.31. The molecule has 6 heteroatoms. The van der Waals surface area contributed by atoms with Crippen LogP contribution >= 0.6 is 0 Å². The number of rotatable bonds is 4. The zero-order chi connectivity index (χ0) is 13.0. The van der Waals surface area contributed by atoms with Crippen LogP contribution in [0.2, 0.25) is 0 Å². The maximum atomic E-state index is 11.6. The lowest BCUT2D eigenvalue weighted by Gasteiger charge is -2.06. The number of nitrogens with one attached hydrogen (secondary N) is 2. The Morgan fingerprint density at radius 2 is 2.28 bits per heavy atom. The van der Waals surface area contributed by atoms with Crippen LogP contribution in [0.3, 0.4) is 0 Å². The molecule has 2 aromatic rings. The topological polar surface area (TPSA) is 90.9 Å². The molecule has 18 heavy (non-hydrogen) atoms. The zero-order valence-corrected chi connectivity index (χ0v) is 9.92. The molecule has 0 aliphatic carbocycles. The van der Waals surface area contributed by atoms with Gasteiger partial charge in [-0.15, -0.1) is 0 Å². The number of aliphatic hydroxyl groups is 1. The van der Waals surface area contributed by atoms with Gasteiger partial charge in [0.25, 0.3) is 5.91 Å². The number of H-pyrrole nitrogens is 1. The van der Waals surface area contributed by atoms with Crippen molar-refractivity contribution in [1.29, 1.82) is 0 Å². The standard InChI is InChI=1S/C12H14N4O2/c1-8(17)4-14-12(18)11-3-2-9(5-13-11)10-6-15-16-7-10/h2-3,5-8,17H,4H2,1H3,(H,14,18)(H,15,16)/t8-/m0/s1. The first-order valence-corrected chi connectivity index (χ1v) is 5.58. The Morgan fingerprint density at radius 3 is 2.83 bits per heavy atom. The van der Waals surface area contributed by atoms with E-state index in [0.29, 0.717) is 5.69 Å². The summed E-state index contributed by atoms with van der Waals surface area (Å²) in [5.41, 5.74) is 2.12. The highest BCUT2D eigenvalue weighted by Gasteiger charge is 2.08. The molecule has 0 bridgehead atoms. The van der Waals surface area contributed by atoms with E-state index in [2.05, 4.69) is 20.5 Å². The first-order chi connectivity index (χ1) is 8.66. The molecule has 0 aliphatic rings. The van der Waals surface area contributed by atoms with E-state index in [1.165, 1.54) is 0 Å². The molecule has 0 aliphatic heterocycles. The Labute approximate surface area is 104 Å². The average molecular weight is 246 g/mol. The van der Waals surface area contributed by atoms with Gasteiger partial charge in [-0.05, 0) is 13.0 Å². The van der Waals surface area contributed by atoms with Gasteiger partial charge in [0.2, 0.25) is 0 Å².